The average Bonchev–Trinajstić information content (AvgIpc) is 2.81. The van der Waals surface area contributed by atoms with Crippen LogP contribution in [-0.4, -0.2) is 26.0 Å². The molecule has 0 radical (unpaired) electrons. The molecule has 1 aromatic heterocycles. The van der Waals surface area contributed by atoms with Gasteiger partial charge in [0.05, 0.1) is 16.2 Å². The number of carbonyl (C=O) groups is 2. The lowest BCUT2D eigenvalue weighted by molar-refractivity contribution is 0.100. The zero-order valence-corrected chi connectivity index (χ0v) is 15.2. The average molecular weight is 366 g/mol. The van der Waals surface area contributed by atoms with E-state index in [9.17, 15) is 18.0 Å². The number of hydrogen-bond acceptors (Lipinski definition) is 5. The van der Waals surface area contributed by atoms with E-state index in [2.05, 4.69) is 5.32 Å². The number of nitrogens with two attached hydrogens (primary N) is 1. The fourth-order valence-electron chi connectivity index (χ4n) is 2.17. The molecule has 0 spiro atoms. The summed E-state index contributed by atoms with van der Waals surface area (Å²) in [6, 6.07) is 5.67. The second-order valence-electron chi connectivity index (χ2n) is 5.23. The summed E-state index contributed by atoms with van der Waals surface area (Å²) in [4.78, 5) is 25.0. The van der Waals surface area contributed by atoms with Gasteiger partial charge in [-0.2, -0.15) is 0 Å². The van der Waals surface area contributed by atoms with Crippen LogP contribution in [0.3, 0.4) is 0 Å². The fourth-order valence-corrected chi connectivity index (χ4v) is 4.11. The number of carbonyl (C=O) groups excluding carboxylic acids is 2. The number of nitrogens with one attached hydrogen (secondary N) is 1. The minimum Gasteiger partial charge on any atom is -0.365 e. The zero-order chi connectivity index (χ0) is 18.1. The van der Waals surface area contributed by atoms with Crippen molar-refractivity contribution in [3.05, 3.63) is 45.8 Å². The number of sulfone groups is 1. The highest BCUT2D eigenvalue weighted by Crippen LogP contribution is 2.32. The standard InChI is InChI=1S/C16H18N2O4S2/c1-4-24(21,22)12-7-5-11(6-8-12)15(20)18-16-13(14(17)19)9(2)10(3)23-16/h5-8H,4H2,1-3H3,(H2,17,19)(H,18,20). The van der Waals surface area contributed by atoms with Crippen LogP contribution in [0.25, 0.3) is 0 Å². The molecule has 0 aliphatic carbocycles. The van der Waals surface area contributed by atoms with Crippen LogP contribution in [0.15, 0.2) is 29.2 Å². The Balaban J connectivity index is 2.28. The molecule has 128 valence electrons. The summed E-state index contributed by atoms with van der Waals surface area (Å²) in [6.45, 7) is 5.17. The predicted molar refractivity (Wildman–Crippen MR) is 94.4 cm³/mol. The molecule has 0 fully saturated rings. The monoisotopic (exact) mass is 366 g/mol. The molecular weight excluding hydrogens is 348 g/mol. The quantitative estimate of drug-likeness (QED) is 0.848. The van der Waals surface area contributed by atoms with E-state index in [1.54, 1.807) is 13.8 Å². The maximum atomic E-state index is 12.3. The first-order valence-electron chi connectivity index (χ1n) is 7.21. The molecule has 24 heavy (non-hydrogen) atoms. The summed E-state index contributed by atoms with van der Waals surface area (Å²) in [5.74, 6) is -1.04. The van der Waals surface area contributed by atoms with E-state index in [4.69, 9.17) is 5.73 Å². The smallest absolute Gasteiger partial charge is 0.256 e. The number of rotatable bonds is 5. The summed E-state index contributed by atoms with van der Waals surface area (Å²) in [6.07, 6.45) is 0. The van der Waals surface area contributed by atoms with E-state index < -0.39 is 21.7 Å². The van der Waals surface area contributed by atoms with Crippen LogP contribution in [0.2, 0.25) is 0 Å². The van der Waals surface area contributed by atoms with E-state index in [1.807, 2.05) is 6.92 Å². The summed E-state index contributed by atoms with van der Waals surface area (Å²) in [5, 5.41) is 3.07. The van der Waals surface area contributed by atoms with Crippen molar-refractivity contribution in [2.45, 2.75) is 25.7 Å². The van der Waals surface area contributed by atoms with Crippen molar-refractivity contribution < 1.29 is 18.0 Å². The third-order valence-corrected chi connectivity index (χ3v) is 6.59. The van der Waals surface area contributed by atoms with E-state index in [-0.39, 0.29) is 10.6 Å². The van der Waals surface area contributed by atoms with Gasteiger partial charge in [-0.1, -0.05) is 6.92 Å². The second kappa shape index (κ2) is 6.74. The molecule has 2 aromatic rings. The Morgan fingerprint density at radius 1 is 1.17 bits per heavy atom. The van der Waals surface area contributed by atoms with E-state index in [0.29, 0.717) is 16.1 Å². The molecule has 2 rings (SSSR count). The van der Waals surface area contributed by atoms with Crippen LogP contribution in [-0.2, 0) is 9.84 Å². The number of amides is 2. The van der Waals surface area contributed by atoms with E-state index in [0.717, 1.165) is 10.4 Å². The van der Waals surface area contributed by atoms with Gasteiger partial charge in [-0.05, 0) is 43.7 Å². The van der Waals surface area contributed by atoms with E-state index >= 15 is 0 Å². The number of anilines is 1. The molecule has 8 heteroatoms. The Morgan fingerprint density at radius 3 is 2.25 bits per heavy atom. The predicted octanol–water partition coefficient (Wildman–Crippen LogP) is 2.51. The third kappa shape index (κ3) is 3.49. The molecule has 1 heterocycles. The highest BCUT2D eigenvalue weighted by molar-refractivity contribution is 7.91. The minimum absolute atomic E-state index is 0.00569. The lowest BCUT2D eigenvalue weighted by Crippen LogP contribution is -2.17. The van der Waals surface area contributed by atoms with Gasteiger partial charge in [0.15, 0.2) is 9.84 Å². The van der Waals surface area contributed by atoms with Crippen LogP contribution in [0.1, 0.15) is 38.1 Å². The molecule has 1 aromatic carbocycles. The molecule has 6 nitrogen and oxygen atoms in total. The molecule has 0 saturated heterocycles. The molecule has 0 unspecified atom stereocenters. The number of aryl methyl sites for hydroxylation is 1. The number of hydrogen-bond donors (Lipinski definition) is 2. The fraction of sp³-hybridized carbons (Fsp3) is 0.250. The van der Waals surface area contributed by atoms with Crippen LogP contribution in [0.5, 0.6) is 0 Å². The Bertz CT molecular complexity index is 897. The highest BCUT2D eigenvalue weighted by atomic mass is 32.2. The Hall–Kier alpha value is -2.19. The van der Waals surface area contributed by atoms with Gasteiger partial charge in [0.1, 0.15) is 5.00 Å². The molecule has 0 aliphatic rings. The maximum absolute atomic E-state index is 12.3. The van der Waals surface area contributed by atoms with Crippen molar-refractivity contribution in [1.29, 1.82) is 0 Å². The molecule has 0 saturated carbocycles. The first kappa shape index (κ1) is 18.2. The van der Waals surface area contributed by atoms with Gasteiger partial charge in [-0.25, -0.2) is 8.42 Å². The topological polar surface area (TPSA) is 106 Å². The first-order chi connectivity index (χ1) is 11.2. The summed E-state index contributed by atoms with van der Waals surface area (Å²) in [7, 11) is -3.31. The van der Waals surface area contributed by atoms with Gasteiger partial charge >= 0.3 is 0 Å². The molecule has 0 atom stereocenters. The zero-order valence-electron chi connectivity index (χ0n) is 13.5. The molecule has 0 aliphatic heterocycles. The Morgan fingerprint density at radius 2 is 1.75 bits per heavy atom. The highest BCUT2D eigenvalue weighted by Gasteiger charge is 2.20. The summed E-state index contributed by atoms with van der Waals surface area (Å²) in [5.41, 5.74) is 6.72. The van der Waals surface area contributed by atoms with Crippen molar-refractivity contribution in [3.8, 4) is 0 Å². The van der Waals surface area contributed by atoms with Crippen molar-refractivity contribution in [1.82, 2.24) is 0 Å². The summed E-state index contributed by atoms with van der Waals surface area (Å²) >= 11 is 1.27. The lowest BCUT2D eigenvalue weighted by atomic mass is 10.1. The van der Waals surface area contributed by atoms with Crippen molar-refractivity contribution in [3.63, 3.8) is 0 Å². The van der Waals surface area contributed by atoms with Crippen molar-refractivity contribution >= 4 is 38.0 Å². The lowest BCUT2D eigenvalue weighted by Gasteiger charge is -2.06. The van der Waals surface area contributed by atoms with Crippen molar-refractivity contribution in [2.75, 3.05) is 11.1 Å². The van der Waals surface area contributed by atoms with Crippen LogP contribution in [0.4, 0.5) is 5.00 Å². The number of thiophene rings is 1. The van der Waals surface area contributed by atoms with Gasteiger partial charge in [-0.3, -0.25) is 9.59 Å². The van der Waals surface area contributed by atoms with Gasteiger partial charge < -0.3 is 11.1 Å². The van der Waals surface area contributed by atoms with Crippen LogP contribution < -0.4 is 11.1 Å². The van der Waals surface area contributed by atoms with Crippen LogP contribution in [0, 0.1) is 13.8 Å². The van der Waals surface area contributed by atoms with Crippen LogP contribution >= 0.6 is 11.3 Å². The molecule has 0 bridgehead atoms. The molecule has 2 amide bonds. The minimum atomic E-state index is -3.31. The third-order valence-electron chi connectivity index (χ3n) is 3.71. The maximum Gasteiger partial charge on any atom is 0.256 e. The second-order valence-corrected chi connectivity index (χ2v) is 8.74. The Labute approximate surface area is 144 Å². The van der Waals surface area contributed by atoms with Gasteiger partial charge in [0.2, 0.25) is 0 Å². The molecular formula is C16H18N2O4S2. The largest absolute Gasteiger partial charge is 0.365 e. The summed E-state index contributed by atoms with van der Waals surface area (Å²) < 4.78 is 23.6. The number of benzene rings is 1. The normalized spacial score (nSPS) is 11.3. The van der Waals surface area contributed by atoms with Gasteiger partial charge in [0.25, 0.3) is 11.8 Å². The molecule has 3 N–H and O–H groups in total. The van der Waals surface area contributed by atoms with Gasteiger partial charge in [0, 0.05) is 10.4 Å². The SMILES string of the molecule is CCS(=O)(=O)c1ccc(C(=O)Nc2sc(C)c(C)c2C(N)=O)cc1. The van der Waals surface area contributed by atoms with Gasteiger partial charge in [-0.15, -0.1) is 11.3 Å². The first-order valence-corrected chi connectivity index (χ1v) is 9.68. The Kier molecular flexibility index (Phi) is 5.10. The number of primary amides is 1. The van der Waals surface area contributed by atoms with Crippen molar-refractivity contribution in [2.24, 2.45) is 5.73 Å². The van der Waals surface area contributed by atoms with E-state index in [1.165, 1.54) is 35.6 Å².